The maximum absolute atomic E-state index is 12.0. The van der Waals surface area contributed by atoms with Crippen molar-refractivity contribution in [3.05, 3.63) is 0 Å². The van der Waals surface area contributed by atoms with E-state index in [1.165, 1.54) is 6.92 Å². The minimum absolute atomic E-state index is 0.0355. The summed E-state index contributed by atoms with van der Waals surface area (Å²) in [5.41, 5.74) is 0. The van der Waals surface area contributed by atoms with E-state index < -0.39 is 24.2 Å². The number of amides is 1. The Hall–Kier alpha value is -4.31. The molecule has 5 nitrogen and oxygen atoms in total. The molecule has 0 aliphatic carbocycles. The van der Waals surface area contributed by atoms with Crippen LogP contribution >= 0.6 is 0 Å². The van der Waals surface area contributed by atoms with Crippen molar-refractivity contribution in [1.29, 1.82) is 0 Å². The van der Waals surface area contributed by atoms with E-state index in [1.807, 2.05) is 0 Å². The van der Waals surface area contributed by atoms with E-state index >= 15 is 0 Å². The van der Waals surface area contributed by atoms with Gasteiger partial charge < -0.3 is 10.4 Å². The van der Waals surface area contributed by atoms with Crippen molar-refractivity contribution in [1.82, 2.24) is 5.32 Å². The predicted octanol–water partition coefficient (Wildman–Crippen LogP) is 0.329. The van der Waals surface area contributed by atoms with Gasteiger partial charge in [-0.25, -0.2) is 0 Å². The van der Waals surface area contributed by atoms with Crippen LogP contribution < -0.4 is 5.32 Å². The van der Waals surface area contributed by atoms with Crippen LogP contribution in [0.5, 0.6) is 0 Å². The number of aliphatic hydroxyl groups excluding tert-OH is 1. The summed E-state index contributed by atoms with van der Waals surface area (Å²) in [6.45, 7) is 4.72. The summed E-state index contributed by atoms with van der Waals surface area (Å²) in [5, 5.41) is 11.9. The zero-order valence-corrected chi connectivity index (χ0v) is 17.7. The summed E-state index contributed by atoms with van der Waals surface area (Å²) in [6.07, 6.45) is 0.255. The van der Waals surface area contributed by atoms with Gasteiger partial charge in [-0.15, -0.1) is 0 Å². The van der Waals surface area contributed by atoms with Crippen molar-refractivity contribution in [3.63, 3.8) is 0 Å². The second kappa shape index (κ2) is 17.8. The van der Waals surface area contributed by atoms with Crippen molar-refractivity contribution in [2.75, 3.05) is 13.2 Å². The van der Waals surface area contributed by atoms with Crippen molar-refractivity contribution in [3.8, 4) is 82.9 Å². The number of aliphatic hydroxyl groups is 1. The summed E-state index contributed by atoms with van der Waals surface area (Å²) in [7, 11) is 0. The van der Waals surface area contributed by atoms with Gasteiger partial charge in [-0.2, -0.15) is 0 Å². The van der Waals surface area contributed by atoms with Crippen LogP contribution in [0.25, 0.3) is 0 Å². The molecule has 2 atom stereocenters. The molecule has 0 bridgehead atoms. The normalized spacial score (nSPS) is 9.42. The Balaban J connectivity index is 4.54. The zero-order valence-electron chi connectivity index (χ0n) is 17.7. The monoisotopic (exact) mass is 411 g/mol. The zero-order chi connectivity index (χ0) is 23.3. The van der Waals surface area contributed by atoms with Crippen LogP contribution in [-0.4, -0.2) is 35.7 Å². The van der Waals surface area contributed by atoms with Crippen LogP contribution in [0, 0.1) is 94.7 Å². The van der Waals surface area contributed by atoms with Gasteiger partial charge in [0.1, 0.15) is 5.78 Å². The van der Waals surface area contributed by atoms with Crippen LogP contribution in [0.3, 0.4) is 0 Å². The van der Waals surface area contributed by atoms with Gasteiger partial charge >= 0.3 is 0 Å². The van der Waals surface area contributed by atoms with E-state index in [0.717, 1.165) is 0 Å². The van der Waals surface area contributed by atoms with Crippen molar-refractivity contribution in [2.24, 2.45) is 11.8 Å². The molecule has 5 heteroatoms. The lowest BCUT2D eigenvalue weighted by Gasteiger charge is -2.13. The lowest BCUT2D eigenvalue weighted by Crippen LogP contribution is -2.35. The fourth-order valence-corrected chi connectivity index (χ4v) is 1.75. The van der Waals surface area contributed by atoms with Crippen molar-refractivity contribution in [2.45, 2.75) is 33.6 Å². The van der Waals surface area contributed by atoms with E-state index in [0.29, 0.717) is 6.42 Å². The van der Waals surface area contributed by atoms with Gasteiger partial charge in [0.05, 0.1) is 12.5 Å². The average molecular weight is 411 g/mol. The second-order valence-corrected chi connectivity index (χ2v) is 5.97. The number of ketones is 2. The standard InChI is InChI=1S/C26H21NO4/c1-4-5-6-7-8-9-10-11-12-13-14-15-16-17-25(30)20-24(21-28)26(31)27-19-18-22(2)23(3)29/h22,24,28H,18-21H2,1-3H3,(H,27,31)/t22?,24-/m0/s1. The van der Waals surface area contributed by atoms with Crippen LogP contribution in [0.1, 0.15) is 33.6 Å². The third-order valence-corrected chi connectivity index (χ3v) is 3.61. The Morgan fingerprint density at radius 3 is 1.77 bits per heavy atom. The fraction of sp³-hybridized carbons (Fsp3) is 0.346. The Bertz CT molecular complexity index is 1110. The molecule has 0 aliphatic rings. The first-order valence-electron chi connectivity index (χ1n) is 9.27. The number of hydrogen-bond donors (Lipinski definition) is 2. The molecule has 31 heavy (non-hydrogen) atoms. The molecule has 0 saturated heterocycles. The van der Waals surface area contributed by atoms with Crippen LogP contribution in [0.15, 0.2) is 0 Å². The molecular formula is C26H21NO4. The van der Waals surface area contributed by atoms with E-state index in [-0.39, 0.29) is 24.7 Å². The topological polar surface area (TPSA) is 83.5 Å². The lowest BCUT2D eigenvalue weighted by atomic mass is 10.0. The van der Waals surface area contributed by atoms with Gasteiger partial charge in [0.2, 0.25) is 11.7 Å². The minimum Gasteiger partial charge on any atom is -0.396 e. The molecule has 2 N–H and O–H groups in total. The summed E-state index contributed by atoms with van der Waals surface area (Å²) in [6, 6.07) is 0. The number of rotatable bonds is 8. The van der Waals surface area contributed by atoms with Crippen molar-refractivity contribution >= 4 is 17.5 Å². The van der Waals surface area contributed by atoms with E-state index in [1.54, 1.807) is 13.8 Å². The molecular weight excluding hydrogens is 390 g/mol. The molecule has 0 rings (SSSR count). The smallest absolute Gasteiger partial charge is 0.225 e. The van der Waals surface area contributed by atoms with Crippen LogP contribution in [-0.2, 0) is 14.4 Å². The first kappa shape index (κ1) is 26.7. The molecule has 0 saturated carbocycles. The summed E-state index contributed by atoms with van der Waals surface area (Å²) < 4.78 is 0. The van der Waals surface area contributed by atoms with E-state index in [4.69, 9.17) is 0 Å². The first-order valence-corrected chi connectivity index (χ1v) is 9.27. The Morgan fingerprint density at radius 1 is 0.839 bits per heavy atom. The third kappa shape index (κ3) is 15.3. The molecule has 1 amide bonds. The Labute approximate surface area is 184 Å². The average Bonchev–Trinajstić information content (AvgIpc) is 2.74. The number of carbonyl (C=O) groups is 3. The van der Waals surface area contributed by atoms with E-state index in [9.17, 15) is 19.5 Å². The lowest BCUT2D eigenvalue weighted by molar-refractivity contribution is -0.129. The highest BCUT2D eigenvalue weighted by Gasteiger charge is 2.20. The number of Topliss-reactive ketones (excluding diaryl/α,β-unsaturated/α-hetero) is 2. The van der Waals surface area contributed by atoms with Gasteiger partial charge in [-0.1, -0.05) is 12.8 Å². The number of nitrogens with one attached hydrogen (secondary N) is 1. The first-order chi connectivity index (χ1) is 14.9. The maximum atomic E-state index is 12.0. The van der Waals surface area contributed by atoms with Crippen molar-refractivity contribution < 1.29 is 19.5 Å². The van der Waals surface area contributed by atoms with Gasteiger partial charge in [-0.3, -0.25) is 14.4 Å². The molecule has 0 radical (unpaired) electrons. The molecule has 0 spiro atoms. The minimum atomic E-state index is -0.905. The Morgan fingerprint density at radius 2 is 1.32 bits per heavy atom. The molecule has 154 valence electrons. The van der Waals surface area contributed by atoms with Crippen LogP contribution in [0.2, 0.25) is 0 Å². The molecule has 0 aromatic rings. The summed E-state index contributed by atoms with van der Waals surface area (Å²) >= 11 is 0. The van der Waals surface area contributed by atoms with Gasteiger partial charge in [0.25, 0.3) is 0 Å². The fourth-order valence-electron chi connectivity index (χ4n) is 1.75. The molecule has 0 fully saturated rings. The molecule has 0 aromatic heterocycles. The van der Waals surface area contributed by atoms with Gasteiger partial charge in [0, 0.05) is 18.9 Å². The quantitative estimate of drug-likeness (QED) is 0.446. The highest BCUT2D eigenvalue weighted by molar-refractivity contribution is 5.98. The summed E-state index contributed by atoms with van der Waals surface area (Å²) in [5.74, 6) is 32.2. The highest BCUT2D eigenvalue weighted by atomic mass is 16.3. The third-order valence-electron chi connectivity index (χ3n) is 3.61. The molecule has 0 aromatic carbocycles. The SMILES string of the molecule is CC#CC#CC#CC#CC#CC#CC#CC(=O)C[C@@H](CO)C(=O)NCCC(C)C(C)=O. The van der Waals surface area contributed by atoms with Crippen LogP contribution in [0.4, 0.5) is 0 Å². The largest absolute Gasteiger partial charge is 0.396 e. The van der Waals surface area contributed by atoms with E-state index in [2.05, 4.69) is 88.2 Å². The molecule has 0 aliphatic heterocycles. The number of hydrogen-bond acceptors (Lipinski definition) is 4. The maximum Gasteiger partial charge on any atom is 0.225 e. The number of carbonyl (C=O) groups excluding carboxylic acids is 3. The Kier molecular flexibility index (Phi) is 15.3. The molecule has 0 heterocycles. The van der Waals surface area contributed by atoms with Gasteiger partial charge in [-0.05, 0) is 97.2 Å². The van der Waals surface area contributed by atoms with Gasteiger partial charge in [0.15, 0.2) is 0 Å². The predicted molar refractivity (Wildman–Crippen MR) is 118 cm³/mol. The second-order valence-electron chi connectivity index (χ2n) is 5.97. The highest BCUT2D eigenvalue weighted by Crippen LogP contribution is 2.05. The summed E-state index contributed by atoms with van der Waals surface area (Å²) in [4.78, 5) is 35.0. The molecule has 1 unspecified atom stereocenters.